The number of carbonyl (C=O) groups excluding carboxylic acids is 2. The van der Waals surface area contributed by atoms with E-state index in [9.17, 15) is 9.59 Å². The van der Waals surface area contributed by atoms with Crippen LogP contribution in [0.15, 0.2) is 64.3 Å². The van der Waals surface area contributed by atoms with Crippen LogP contribution in [-0.4, -0.2) is 22.0 Å². The van der Waals surface area contributed by atoms with Crippen LogP contribution in [0.2, 0.25) is 0 Å². The molecule has 0 radical (unpaired) electrons. The van der Waals surface area contributed by atoms with Crippen molar-refractivity contribution in [3.63, 3.8) is 0 Å². The third-order valence-electron chi connectivity index (χ3n) is 3.37. The summed E-state index contributed by atoms with van der Waals surface area (Å²) >= 11 is 1.37. The number of aromatic nitrogens is 2. The standard InChI is InChI=1S/C18H16N4O3S/c1-12-10-14(22-25-12)11-26-18-15(8-5-9-19-18)17(24)21-20-16(23)13-6-3-2-4-7-13/h2-10H,11H2,1H3,(H,20,23)(H,21,24). The molecule has 0 unspecified atom stereocenters. The van der Waals surface area contributed by atoms with Gasteiger partial charge in [0.1, 0.15) is 10.8 Å². The zero-order valence-electron chi connectivity index (χ0n) is 13.9. The summed E-state index contributed by atoms with van der Waals surface area (Å²) in [6.07, 6.45) is 1.61. The van der Waals surface area contributed by atoms with E-state index in [1.54, 1.807) is 42.6 Å². The molecule has 3 aromatic rings. The van der Waals surface area contributed by atoms with Crippen LogP contribution < -0.4 is 10.9 Å². The predicted octanol–water partition coefficient (Wildman–Crippen LogP) is 2.75. The third-order valence-corrected chi connectivity index (χ3v) is 4.41. The molecule has 0 spiro atoms. The van der Waals surface area contributed by atoms with Gasteiger partial charge in [-0.25, -0.2) is 4.98 Å². The average molecular weight is 368 g/mol. The van der Waals surface area contributed by atoms with E-state index in [4.69, 9.17) is 4.52 Å². The zero-order chi connectivity index (χ0) is 18.4. The minimum atomic E-state index is -0.443. The number of benzene rings is 1. The summed E-state index contributed by atoms with van der Waals surface area (Å²) in [6, 6.07) is 13.8. The molecule has 2 heterocycles. The highest BCUT2D eigenvalue weighted by Gasteiger charge is 2.15. The molecular weight excluding hydrogens is 352 g/mol. The first kappa shape index (κ1) is 17.7. The zero-order valence-corrected chi connectivity index (χ0v) is 14.7. The van der Waals surface area contributed by atoms with E-state index in [1.807, 2.05) is 19.1 Å². The molecule has 1 aromatic carbocycles. The van der Waals surface area contributed by atoms with Gasteiger partial charge in [0, 0.05) is 23.6 Å². The van der Waals surface area contributed by atoms with Crippen LogP contribution in [0, 0.1) is 6.92 Å². The number of rotatable bonds is 5. The third kappa shape index (κ3) is 4.48. The topological polar surface area (TPSA) is 97.1 Å². The Bertz CT molecular complexity index is 912. The smallest absolute Gasteiger partial charge is 0.272 e. The molecule has 0 aliphatic rings. The first-order chi connectivity index (χ1) is 12.6. The van der Waals surface area contributed by atoms with Crippen molar-refractivity contribution in [1.29, 1.82) is 0 Å². The lowest BCUT2D eigenvalue weighted by Crippen LogP contribution is -2.41. The number of hydrazine groups is 1. The highest BCUT2D eigenvalue weighted by molar-refractivity contribution is 7.98. The van der Waals surface area contributed by atoms with Crippen molar-refractivity contribution in [3.8, 4) is 0 Å². The van der Waals surface area contributed by atoms with Gasteiger partial charge in [-0.1, -0.05) is 35.1 Å². The van der Waals surface area contributed by atoms with Crippen LogP contribution in [0.4, 0.5) is 0 Å². The second kappa shape index (κ2) is 8.30. The largest absolute Gasteiger partial charge is 0.361 e. The molecule has 0 saturated heterocycles. The molecule has 8 heteroatoms. The molecule has 7 nitrogen and oxygen atoms in total. The number of pyridine rings is 1. The number of hydrogen-bond donors (Lipinski definition) is 2. The lowest BCUT2D eigenvalue weighted by atomic mass is 10.2. The van der Waals surface area contributed by atoms with Crippen LogP contribution in [0.3, 0.4) is 0 Å². The number of nitrogens with one attached hydrogen (secondary N) is 2. The molecule has 0 aliphatic carbocycles. The van der Waals surface area contributed by atoms with Crippen LogP contribution in [0.25, 0.3) is 0 Å². The van der Waals surface area contributed by atoms with Crippen molar-refractivity contribution >= 4 is 23.6 Å². The number of hydrogen-bond acceptors (Lipinski definition) is 6. The van der Waals surface area contributed by atoms with E-state index in [2.05, 4.69) is 21.0 Å². The van der Waals surface area contributed by atoms with Gasteiger partial charge in [-0.15, -0.1) is 0 Å². The van der Waals surface area contributed by atoms with Gasteiger partial charge < -0.3 is 4.52 Å². The Morgan fingerprint density at radius 3 is 2.58 bits per heavy atom. The molecule has 3 rings (SSSR count). The van der Waals surface area contributed by atoms with E-state index < -0.39 is 11.8 Å². The van der Waals surface area contributed by atoms with E-state index >= 15 is 0 Å². The monoisotopic (exact) mass is 368 g/mol. The van der Waals surface area contributed by atoms with Crippen LogP contribution >= 0.6 is 11.8 Å². The first-order valence-electron chi connectivity index (χ1n) is 7.79. The summed E-state index contributed by atoms with van der Waals surface area (Å²) in [4.78, 5) is 28.7. The van der Waals surface area contributed by atoms with Gasteiger partial charge in [0.25, 0.3) is 11.8 Å². The average Bonchev–Trinajstić information content (AvgIpc) is 3.10. The maximum absolute atomic E-state index is 12.4. The molecule has 2 amide bonds. The van der Waals surface area contributed by atoms with E-state index in [0.717, 1.165) is 11.5 Å². The number of thioether (sulfide) groups is 1. The number of amides is 2. The summed E-state index contributed by atoms with van der Waals surface area (Å²) in [7, 11) is 0. The lowest BCUT2D eigenvalue weighted by molar-refractivity contribution is 0.0844. The van der Waals surface area contributed by atoms with E-state index in [1.165, 1.54) is 11.8 Å². The fraction of sp³-hybridized carbons (Fsp3) is 0.111. The van der Waals surface area contributed by atoms with Gasteiger partial charge in [0.05, 0.1) is 11.3 Å². The Balaban J connectivity index is 1.63. The van der Waals surface area contributed by atoms with Crippen molar-refractivity contribution in [2.75, 3.05) is 0 Å². The Hall–Kier alpha value is -3.13. The SMILES string of the molecule is Cc1cc(CSc2ncccc2C(=O)NNC(=O)c2ccccc2)no1. The lowest BCUT2D eigenvalue weighted by Gasteiger charge is -2.09. The Morgan fingerprint density at radius 2 is 1.85 bits per heavy atom. The molecule has 0 atom stereocenters. The summed E-state index contributed by atoms with van der Waals surface area (Å²) in [5.74, 6) is 0.407. The normalized spacial score (nSPS) is 10.3. The van der Waals surface area contributed by atoms with E-state index in [-0.39, 0.29) is 0 Å². The molecule has 0 aliphatic heterocycles. The second-order valence-corrected chi connectivity index (χ2v) is 6.31. The molecule has 0 saturated carbocycles. The Labute approximate surface area is 154 Å². The van der Waals surface area contributed by atoms with Crippen LogP contribution in [-0.2, 0) is 5.75 Å². The van der Waals surface area contributed by atoms with Crippen molar-refractivity contribution in [2.24, 2.45) is 0 Å². The highest BCUT2D eigenvalue weighted by atomic mass is 32.2. The predicted molar refractivity (Wildman–Crippen MR) is 96.4 cm³/mol. The van der Waals surface area contributed by atoms with Crippen molar-refractivity contribution < 1.29 is 14.1 Å². The van der Waals surface area contributed by atoms with Gasteiger partial charge in [-0.05, 0) is 31.2 Å². The minimum absolute atomic E-state index is 0.367. The molecule has 2 aromatic heterocycles. The number of nitrogens with zero attached hydrogens (tertiary/aromatic N) is 2. The van der Waals surface area contributed by atoms with Crippen molar-refractivity contribution in [2.45, 2.75) is 17.7 Å². The highest BCUT2D eigenvalue weighted by Crippen LogP contribution is 2.23. The molecule has 2 N–H and O–H groups in total. The number of aryl methyl sites for hydroxylation is 1. The molecule has 0 fully saturated rings. The summed E-state index contributed by atoms with van der Waals surface area (Å²) in [5, 5.41) is 4.46. The van der Waals surface area contributed by atoms with Gasteiger partial charge in [0.15, 0.2) is 0 Å². The fourth-order valence-electron chi connectivity index (χ4n) is 2.15. The molecular formula is C18H16N4O3S. The van der Waals surface area contributed by atoms with Crippen molar-refractivity contribution in [1.82, 2.24) is 21.0 Å². The van der Waals surface area contributed by atoms with E-state index in [0.29, 0.717) is 21.9 Å². The fourth-order valence-corrected chi connectivity index (χ4v) is 3.02. The Morgan fingerprint density at radius 1 is 1.08 bits per heavy atom. The summed E-state index contributed by atoms with van der Waals surface area (Å²) < 4.78 is 5.03. The number of carbonyl (C=O) groups is 2. The maximum atomic E-state index is 12.4. The molecule has 0 bridgehead atoms. The quantitative estimate of drug-likeness (QED) is 0.531. The Kier molecular flexibility index (Phi) is 5.65. The molecule has 26 heavy (non-hydrogen) atoms. The van der Waals surface area contributed by atoms with Gasteiger partial charge in [0.2, 0.25) is 0 Å². The second-order valence-electron chi connectivity index (χ2n) is 5.35. The maximum Gasteiger partial charge on any atom is 0.272 e. The van der Waals surface area contributed by atoms with Crippen LogP contribution in [0.5, 0.6) is 0 Å². The minimum Gasteiger partial charge on any atom is -0.361 e. The molecule has 132 valence electrons. The van der Waals surface area contributed by atoms with Gasteiger partial charge >= 0.3 is 0 Å². The van der Waals surface area contributed by atoms with Crippen molar-refractivity contribution in [3.05, 3.63) is 77.3 Å². The van der Waals surface area contributed by atoms with Gasteiger partial charge in [-0.2, -0.15) is 0 Å². The summed E-state index contributed by atoms with van der Waals surface area (Å²) in [6.45, 7) is 1.82. The summed E-state index contributed by atoms with van der Waals surface area (Å²) in [5.41, 5.74) is 6.40. The van der Waals surface area contributed by atoms with Gasteiger partial charge in [-0.3, -0.25) is 20.4 Å². The van der Waals surface area contributed by atoms with Crippen LogP contribution in [0.1, 0.15) is 32.2 Å². The first-order valence-corrected chi connectivity index (χ1v) is 8.78.